The van der Waals surface area contributed by atoms with Gasteiger partial charge in [-0.3, -0.25) is 4.79 Å². The third-order valence-electron chi connectivity index (χ3n) is 4.38. The monoisotopic (exact) mass is 450 g/mol. The number of hydrazone groups is 1. The van der Waals surface area contributed by atoms with Gasteiger partial charge in [-0.25, -0.2) is 10.1 Å². The Morgan fingerprint density at radius 3 is 2.85 bits per heavy atom. The van der Waals surface area contributed by atoms with Crippen LogP contribution in [-0.2, 0) is 0 Å². The molecule has 5 N–H and O–H groups in total. The maximum Gasteiger partial charge on any atom is 0.294 e. The Hall–Kier alpha value is -4.94. The first-order valence-corrected chi connectivity index (χ1v) is 9.60. The van der Waals surface area contributed by atoms with Crippen LogP contribution >= 0.6 is 0 Å². The van der Waals surface area contributed by atoms with Crippen molar-refractivity contribution in [1.29, 1.82) is 0 Å². The zero-order valence-electron chi connectivity index (χ0n) is 17.2. The van der Waals surface area contributed by atoms with Gasteiger partial charge in [0.25, 0.3) is 5.91 Å². The maximum atomic E-state index is 12.9. The number of amides is 1. The minimum atomic E-state index is -0.692. The molecule has 0 aliphatic carbocycles. The van der Waals surface area contributed by atoms with Crippen LogP contribution in [0.15, 0.2) is 52.2 Å². The number of aromatic hydroxyl groups is 2. The van der Waals surface area contributed by atoms with Crippen LogP contribution in [0, 0.1) is 0 Å². The summed E-state index contributed by atoms with van der Waals surface area (Å²) in [5, 5.41) is 38.3. The topological polar surface area (TPSA) is 187 Å². The summed E-state index contributed by atoms with van der Waals surface area (Å²) in [6, 6.07) is 10.9. The lowest BCUT2D eigenvalue weighted by Crippen LogP contribution is -2.19. The van der Waals surface area contributed by atoms with Crippen LogP contribution in [0.5, 0.6) is 17.2 Å². The van der Waals surface area contributed by atoms with Crippen LogP contribution in [-0.4, -0.2) is 54.2 Å². The number of nitrogens with two attached hydrogens (primary N) is 1. The summed E-state index contributed by atoms with van der Waals surface area (Å²) < 4.78 is 11.4. The second-order valence-corrected chi connectivity index (χ2v) is 6.57. The first kappa shape index (κ1) is 21.3. The zero-order chi connectivity index (χ0) is 23.4. The fraction of sp³-hybridized carbons (Fsp3) is 0.100. The van der Waals surface area contributed by atoms with Crippen LogP contribution in [0.25, 0.3) is 17.1 Å². The molecule has 33 heavy (non-hydrogen) atoms. The number of carbonyl (C=O) groups is 1. The number of carbonyl (C=O) groups excluding carboxylic acids is 1. The molecule has 0 fully saturated rings. The van der Waals surface area contributed by atoms with E-state index in [9.17, 15) is 15.0 Å². The van der Waals surface area contributed by atoms with E-state index in [1.165, 1.54) is 23.0 Å². The number of nitrogens with zero attached hydrogens (tertiary/aromatic N) is 6. The SMILES string of the molecule is CCOc1cccc(-c2c(C(=O)N/N=C\c3ccc(O)cc3O)nnn2-c2nonc2N)c1. The highest BCUT2D eigenvalue weighted by Crippen LogP contribution is 2.29. The van der Waals surface area contributed by atoms with Crippen LogP contribution in [0.4, 0.5) is 5.82 Å². The fourth-order valence-corrected chi connectivity index (χ4v) is 2.93. The summed E-state index contributed by atoms with van der Waals surface area (Å²) in [7, 11) is 0. The number of ether oxygens (including phenoxy) is 1. The van der Waals surface area contributed by atoms with Crippen molar-refractivity contribution in [2.24, 2.45) is 5.10 Å². The van der Waals surface area contributed by atoms with Gasteiger partial charge in [-0.1, -0.05) is 17.3 Å². The minimum absolute atomic E-state index is 0.0464. The van der Waals surface area contributed by atoms with Crippen molar-refractivity contribution in [3.8, 4) is 34.3 Å². The molecule has 0 saturated carbocycles. The van der Waals surface area contributed by atoms with Gasteiger partial charge in [-0.05, 0) is 41.5 Å². The quantitative estimate of drug-likeness (QED) is 0.237. The highest BCUT2D eigenvalue weighted by Gasteiger charge is 2.25. The van der Waals surface area contributed by atoms with E-state index >= 15 is 0 Å². The van der Waals surface area contributed by atoms with Crippen molar-refractivity contribution in [2.75, 3.05) is 12.3 Å². The molecule has 2 aromatic carbocycles. The summed E-state index contributed by atoms with van der Waals surface area (Å²) in [6.07, 6.45) is 1.21. The van der Waals surface area contributed by atoms with Crippen LogP contribution < -0.4 is 15.9 Å². The van der Waals surface area contributed by atoms with Crippen molar-refractivity contribution in [3.05, 3.63) is 53.7 Å². The molecule has 0 bridgehead atoms. The second-order valence-electron chi connectivity index (χ2n) is 6.57. The molecule has 4 rings (SSSR count). The fourth-order valence-electron chi connectivity index (χ4n) is 2.93. The normalized spacial score (nSPS) is 11.1. The first-order chi connectivity index (χ1) is 16.0. The predicted octanol–water partition coefficient (Wildman–Crippen LogP) is 1.47. The van der Waals surface area contributed by atoms with Crippen LogP contribution in [0.1, 0.15) is 23.0 Å². The number of nitrogens with one attached hydrogen (secondary N) is 1. The standard InChI is InChI=1S/C20H18N8O5/c1-2-32-14-5-3-4-11(8-14)17-16(23-27-28(17)19-18(21)25-33-26-19)20(31)24-22-10-12-6-7-13(29)9-15(12)30/h3-10,29-30H,2H2,1H3,(H2,21,25)(H,24,31)/b22-10-. The average Bonchev–Trinajstić information content (AvgIpc) is 3.41. The number of anilines is 1. The van der Waals surface area contributed by atoms with Gasteiger partial charge < -0.3 is 20.7 Å². The lowest BCUT2D eigenvalue weighted by molar-refractivity contribution is 0.0950. The molecule has 2 heterocycles. The third kappa shape index (κ3) is 4.41. The Labute approximate surface area is 186 Å². The molecule has 13 nitrogen and oxygen atoms in total. The number of rotatable bonds is 7. The van der Waals surface area contributed by atoms with Crippen molar-refractivity contribution in [3.63, 3.8) is 0 Å². The number of hydrogen-bond acceptors (Lipinski definition) is 11. The van der Waals surface area contributed by atoms with E-state index < -0.39 is 5.91 Å². The molecule has 0 aliphatic heterocycles. The molecule has 168 valence electrons. The molecule has 0 aliphatic rings. The Morgan fingerprint density at radius 2 is 2.12 bits per heavy atom. The number of aromatic nitrogens is 5. The van der Waals surface area contributed by atoms with Crippen molar-refractivity contribution >= 4 is 17.9 Å². The van der Waals surface area contributed by atoms with E-state index in [2.05, 4.69) is 35.8 Å². The van der Waals surface area contributed by atoms with Gasteiger partial charge in [-0.2, -0.15) is 9.78 Å². The van der Waals surface area contributed by atoms with Crippen LogP contribution in [0.3, 0.4) is 0 Å². The first-order valence-electron chi connectivity index (χ1n) is 9.60. The van der Waals surface area contributed by atoms with Gasteiger partial charge in [-0.15, -0.1) is 5.10 Å². The zero-order valence-corrected chi connectivity index (χ0v) is 17.2. The largest absolute Gasteiger partial charge is 0.508 e. The van der Waals surface area contributed by atoms with E-state index in [0.717, 1.165) is 6.07 Å². The Bertz CT molecular complexity index is 1330. The maximum absolute atomic E-state index is 12.9. The highest BCUT2D eigenvalue weighted by molar-refractivity contribution is 5.99. The Morgan fingerprint density at radius 1 is 1.27 bits per heavy atom. The lowest BCUT2D eigenvalue weighted by atomic mass is 10.1. The molecule has 2 aromatic heterocycles. The lowest BCUT2D eigenvalue weighted by Gasteiger charge is -2.08. The van der Waals surface area contributed by atoms with E-state index in [4.69, 9.17) is 10.5 Å². The van der Waals surface area contributed by atoms with Crippen molar-refractivity contribution in [1.82, 2.24) is 30.7 Å². The molecule has 4 aromatic rings. The van der Waals surface area contributed by atoms with Crippen molar-refractivity contribution < 1.29 is 24.4 Å². The predicted molar refractivity (Wildman–Crippen MR) is 115 cm³/mol. The second kappa shape index (κ2) is 9.05. The van der Waals surface area contributed by atoms with Gasteiger partial charge in [0.2, 0.25) is 11.6 Å². The smallest absolute Gasteiger partial charge is 0.294 e. The molecule has 0 unspecified atom stereocenters. The number of phenols is 2. The van der Waals surface area contributed by atoms with Gasteiger partial charge >= 0.3 is 0 Å². The van der Waals surface area contributed by atoms with Crippen LogP contribution in [0.2, 0.25) is 0 Å². The summed E-state index contributed by atoms with van der Waals surface area (Å²) in [5.41, 5.74) is 9.12. The summed E-state index contributed by atoms with van der Waals surface area (Å²) in [6.45, 7) is 2.30. The van der Waals surface area contributed by atoms with E-state index in [1.54, 1.807) is 24.3 Å². The molecule has 0 atom stereocenters. The van der Waals surface area contributed by atoms with Crippen molar-refractivity contribution in [2.45, 2.75) is 6.92 Å². The summed E-state index contributed by atoms with van der Waals surface area (Å²) in [4.78, 5) is 12.9. The minimum Gasteiger partial charge on any atom is -0.508 e. The number of hydrogen-bond donors (Lipinski definition) is 4. The number of benzene rings is 2. The highest BCUT2D eigenvalue weighted by atomic mass is 16.6. The van der Waals surface area contributed by atoms with Gasteiger partial charge in [0, 0.05) is 17.2 Å². The van der Waals surface area contributed by atoms with Gasteiger partial charge in [0.15, 0.2) is 5.69 Å². The molecule has 13 heteroatoms. The summed E-state index contributed by atoms with van der Waals surface area (Å²) >= 11 is 0. The van der Waals surface area contributed by atoms with Gasteiger partial charge in [0.1, 0.15) is 22.9 Å². The van der Waals surface area contributed by atoms with Gasteiger partial charge in [0.05, 0.1) is 12.8 Å². The molecule has 0 spiro atoms. The number of nitrogen functional groups attached to an aromatic ring is 1. The molecule has 1 amide bonds. The average molecular weight is 450 g/mol. The van der Waals surface area contributed by atoms with E-state index in [-0.39, 0.29) is 40.1 Å². The molecule has 0 radical (unpaired) electrons. The van der Waals surface area contributed by atoms with E-state index in [0.29, 0.717) is 17.9 Å². The Balaban J connectivity index is 1.70. The third-order valence-corrected chi connectivity index (χ3v) is 4.38. The molecular formula is C20H18N8O5. The Kier molecular flexibility index (Phi) is 5.84. The molecular weight excluding hydrogens is 432 g/mol. The number of phenolic OH excluding ortho intramolecular Hbond substituents is 2. The molecule has 0 saturated heterocycles. The summed E-state index contributed by atoms with van der Waals surface area (Å²) in [5.74, 6) is -0.429. The van der Waals surface area contributed by atoms with E-state index in [1.807, 2.05) is 6.92 Å².